The number of amides is 2. The zero-order valence-electron chi connectivity index (χ0n) is 13.5. The Balaban J connectivity index is 1.58. The maximum atomic E-state index is 11.9. The van der Waals surface area contributed by atoms with Gasteiger partial charge in [-0.2, -0.15) is 0 Å². The van der Waals surface area contributed by atoms with Gasteiger partial charge in [0.25, 0.3) is 11.8 Å². The maximum absolute atomic E-state index is 11.9. The van der Waals surface area contributed by atoms with Gasteiger partial charge in [-0.15, -0.1) is 0 Å². The minimum absolute atomic E-state index is 0.226. The number of hydrazine groups is 1. The van der Waals surface area contributed by atoms with Gasteiger partial charge in [0.05, 0.1) is 4.47 Å². The number of hydrogen-bond acceptors (Lipinski definition) is 3. The van der Waals surface area contributed by atoms with Crippen molar-refractivity contribution >= 4 is 54.4 Å². The van der Waals surface area contributed by atoms with Crippen LogP contribution in [0.5, 0.6) is 5.75 Å². The fraction of sp³-hybridized carbons (Fsp3) is 0.0526. The van der Waals surface area contributed by atoms with Gasteiger partial charge >= 0.3 is 0 Å². The largest absolute Gasteiger partial charge is 0.483 e. The van der Waals surface area contributed by atoms with Crippen LogP contribution < -0.4 is 15.6 Å². The third kappa shape index (κ3) is 4.42. The van der Waals surface area contributed by atoms with E-state index in [1.165, 1.54) is 0 Å². The number of hydrogen-bond donors (Lipinski definition) is 2. The van der Waals surface area contributed by atoms with E-state index < -0.39 is 11.8 Å². The molecule has 26 heavy (non-hydrogen) atoms. The van der Waals surface area contributed by atoms with Crippen LogP contribution in [0, 0.1) is 0 Å². The molecule has 3 rings (SSSR count). The fourth-order valence-electron chi connectivity index (χ4n) is 2.32. The van der Waals surface area contributed by atoms with Gasteiger partial charge < -0.3 is 4.74 Å². The van der Waals surface area contributed by atoms with Crippen LogP contribution in [0.3, 0.4) is 0 Å². The van der Waals surface area contributed by atoms with Crippen molar-refractivity contribution in [2.75, 3.05) is 6.61 Å². The van der Waals surface area contributed by atoms with E-state index >= 15 is 0 Å². The minimum atomic E-state index is -0.461. The molecule has 0 fully saturated rings. The van der Waals surface area contributed by atoms with Gasteiger partial charge in [-0.1, -0.05) is 46.3 Å². The molecular formula is C19H14Br2N2O3. The highest BCUT2D eigenvalue weighted by molar-refractivity contribution is 9.11. The molecule has 3 aromatic carbocycles. The van der Waals surface area contributed by atoms with Gasteiger partial charge in [-0.3, -0.25) is 20.4 Å². The summed E-state index contributed by atoms with van der Waals surface area (Å²) in [5.41, 5.74) is 5.14. The Hall–Kier alpha value is -2.38. The van der Waals surface area contributed by atoms with Gasteiger partial charge in [-0.25, -0.2) is 0 Å². The summed E-state index contributed by atoms with van der Waals surface area (Å²) >= 11 is 6.94. The molecule has 0 aliphatic carbocycles. The molecule has 2 N–H and O–H groups in total. The van der Waals surface area contributed by atoms with Crippen molar-refractivity contribution in [1.82, 2.24) is 10.9 Å². The van der Waals surface area contributed by atoms with E-state index in [-0.39, 0.29) is 6.61 Å². The number of rotatable bonds is 4. The predicted octanol–water partition coefficient (Wildman–Crippen LogP) is 4.20. The third-order valence-electron chi connectivity index (χ3n) is 3.59. The number of carbonyl (C=O) groups excluding carboxylic acids is 2. The summed E-state index contributed by atoms with van der Waals surface area (Å²) in [6.45, 7) is -0.226. The molecule has 0 bridgehead atoms. The third-order valence-corrected chi connectivity index (χ3v) is 4.90. The molecule has 0 aliphatic rings. The number of nitrogens with one attached hydrogen (secondary N) is 2. The summed E-state index contributed by atoms with van der Waals surface area (Å²) in [5.74, 6) is -0.308. The number of benzene rings is 3. The highest BCUT2D eigenvalue weighted by Gasteiger charge is 2.10. The lowest BCUT2D eigenvalue weighted by Crippen LogP contribution is -2.43. The van der Waals surface area contributed by atoms with E-state index in [0.29, 0.717) is 11.3 Å². The van der Waals surface area contributed by atoms with Crippen LogP contribution >= 0.6 is 31.9 Å². The minimum Gasteiger partial charge on any atom is -0.483 e. The molecule has 0 saturated carbocycles. The standard InChI is InChI=1S/C19H14Br2N2O3/c20-14-7-8-15-13(10-14)6-9-16(18(15)21)26-11-17(24)22-23-19(25)12-4-2-1-3-5-12/h1-10H,11H2,(H,22,24)(H,23,25). The van der Waals surface area contributed by atoms with Gasteiger partial charge in [0.1, 0.15) is 5.75 Å². The second-order valence-electron chi connectivity index (χ2n) is 5.40. The fourth-order valence-corrected chi connectivity index (χ4v) is 3.31. The van der Waals surface area contributed by atoms with Crippen LogP contribution in [0.1, 0.15) is 10.4 Å². The summed E-state index contributed by atoms with van der Waals surface area (Å²) < 4.78 is 7.31. The smallest absolute Gasteiger partial charge is 0.276 e. The van der Waals surface area contributed by atoms with Gasteiger partial charge in [0.2, 0.25) is 0 Å². The molecule has 0 unspecified atom stereocenters. The molecule has 7 heteroatoms. The van der Waals surface area contributed by atoms with Gasteiger partial charge in [0, 0.05) is 10.0 Å². The molecule has 132 valence electrons. The lowest BCUT2D eigenvalue weighted by molar-refractivity contribution is -0.123. The van der Waals surface area contributed by atoms with Crippen LogP contribution in [0.15, 0.2) is 69.6 Å². The first-order valence-electron chi connectivity index (χ1n) is 7.69. The van der Waals surface area contributed by atoms with E-state index in [2.05, 4.69) is 42.7 Å². The summed E-state index contributed by atoms with van der Waals surface area (Å²) in [6.07, 6.45) is 0. The first-order chi connectivity index (χ1) is 12.5. The Morgan fingerprint density at radius 1 is 0.923 bits per heavy atom. The summed E-state index contributed by atoms with van der Waals surface area (Å²) in [6, 6.07) is 18.2. The highest BCUT2D eigenvalue weighted by atomic mass is 79.9. The number of ether oxygens (including phenoxy) is 1. The zero-order chi connectivity index (χ0) is 18.5. The van der Waals surface area contributed by atoms with Crippen molar-refractivity contribution in [2.24, 2.45) is 0 Å². The van der Waals surface area contributed by atoms with Gasteiger partial charge in [0.15, 0.2) is 6.61 Å². The molecule has 0 radical (unpaired) electrons. The molecule has 0 saturated heterocycles. The monoisotopic (exact) mass is 476 g/mol. The van der Waals surface area contributed by atoms with Crippen LogP contribution in [0.25, 0.3) is 10.8 Å². The SMILES string of the molecule is O=C(COc1ccc2cc(Br)ccc2c1Br)NNC(=O)c1ccccc1. The zero-order valence-corrected chi connectivity index (χ0v) is 16.6. The average Bonchev–Trinajstić information content (AvgIpc) is 2.66. The van der Waals surface area contributed by atoms with Crippen molar-refractivity contribution in [3.63, 3.8) is 0 Å². The first kappa shape index (κ1) is 18.4. The maximum Gasteiger partial charge on any atom is 0.276 e. The van der Waals surface area contributed by atoms with Crippen molar-refractivity contribution < 1.29 is 14.3 Å². The molecule has 3 aromatic rings. The number of fused-ring (bicyclic) bond motifs is 1. The van der Waals surface area contributed by atoms with Crippen molar-refractivity contribution in [3.8, 4) is 5.75 Å². The number of carbonyl (C=O) groups is 2. The van der Waals surface area contributed by atoms with Gasteiger partial charge in [-0.05, 0) is 57.0 Å². The number of halogens is 2. The molecule has 0 heterocycles. The van der Waals surface area contributed by atoms with E-state index in [4.69, 9.17) is 4.74 Å². The lowest BCUT2D eigenvalue weighted by atomic mass is 10.1. The molecule has 0 aliphatic heterocycles. The normalized spacial score (nSPS) is 10.4. The molecule has 0 atom stereocenters. The second-order valence-corrected chi connectivity index (χ2v) is 7.11. The van der Waals surface area contributed by atoms with Crippen LogP contribution in [0.2, 0.25) is 0 Å². The van der Waals surface area contributed by atoms with E-state index in [1.54, 1.807) is 30.3 Å². The molecule has 0 spiro atoms. The Labute approximate surface area is 167 Å². The lowest BCUT2D eigenvalue weighted by Gasteiger charge is -2.11. The Kier molecular flexibility index (Phi) is 5.90. The van der Waals surface area contributed by atoms with Crippen molar-refractivity contribution in [3.05, 3.63) is 75.2 Å². The van der Waals surface area contributed by atoms with Crippen molar-refractivity contribution in [2.45, 2.75) is 0 Å². The predicted molar refractivity (Wildman–Crippen MR) is 107 cm³/mol. The highest BCUT2D eigenvalue weighted by Crippen LogP contribution is 2.34. The van der Waals surface area contributed by atoms with Crippen LogP contribution in [0.4, 0.5) is 0 Å². The molecular weight excluding hydrogens is 464 g/mol. The summed E-state index contributed by atoms with van der Waals surface area (Å²) in [4.78, 5) is 23.8. The molecule has 0 aromatic heterocycles. The quantitative estimate of drug-likeness (QED) is 0.553. The average molecular weight is 478 g/mol. The summed E-state index contributed by atoms with van der Waals surface area (Å²) in [7, 11) is 0. The Bertz CT molecular complexity index is 962. The Morgan fingerprint density at radius 2 is 1.69 bits per heavy atom. The van der Waals surface area contributed by atoms with E-state index in [9.17, 15) is 9.59 Å². The van der Waals surface area contributed by atoms with Crippen molar-refractivity contribution in [1.29, 1.82) is 0 Å². The van der Waals surface area contributed by atoms with E-state index in [1.807, 2.05) is 30.3 Å². The van der Waals surface area contributed by atoms with E-state index in [0.717, 1.165) is 19.7 Å². The second kappa shape index (κ2) is 8.33. The molecule has 5 nitrogen and oxygen atoms in total. The topological polar surface area (TPSA) is 67.4 Å². The van der Waals surface area contributed by atoms with Crippen LogP contribution in [-0.2, 0) is 4.79 Å². The first-order valence-corrected chi connectivity index (χ1v) is 9.28. The molecule has 2 amide bonds. The summed E-state index contributed by atoms with van der Waals surface area (Å²) in [5, 5.41) is 2.02. The van der Waals surface area contributed by atoms with Crippen LogP contribution in [-0.4, -0.2) is 18.4 Å². The Morgan fingerprint density at radius 3 is 2.46 bits per heavy atom.